The zero-order chi connectivity index (χ0) is 11.4. The van der Waals surface area contributed by atoms with Crippen molar-refractivity contribution >= 4 is 11.2 Å². The van der Waals surface area contributed by atoms with E-state index in [1.165, 1.54) is 5.56 Å². The summed E-state index contributed by atoms with van der Waals surface area (Å²) in [5.74, 6) is 0.910. The third kappa shape index (κ3) is 2.37. The minimum absolute atomic E-state index is 0.706. The lowest BCUT2D eigenvalue weighted by molar-refractivity contribution is 0.199. The fourth-order valence-electron chi connectivity index (χ4n) is 1.55. The maximum Gasteiger partial charge on any atom is 0.178 e. The molecule has 0 aliphatic carbocycles. The van der Waals surface area contributed by atoms with E-state index in [0.29, 0.717) is 13.2 Å². The summed E-state index contributed by atoms with van der Waals surface area (Å²) >= 11 is 0. The number of aryl methyl sites for hydroxylation is 1. The molecule has 2 rings (SSSR count). The number of ether oxygens (including phenoxy) is 1. The highest BCUT2D eigenvalue weighted by atomic mass is 16.5. The van der Waals surface area contributed by atoms with E-state index in [1.54, 1.807) is 13.3 Å². The van der Waals surface area contributed by atoms with E-state index in [2.05, 4.69) is 20.3 Å². The Morgan fingerprint density at radius 3 is 3.12 bits per heavy atom. The van der Waals surface area contributed by atoms with Gasteiger partial charge >= 0.3 is 0 Å². The molecule has 0 bridgehead atoms. The van der Waals surface area contributed by atoms with E-state index in [-0.39, 0.29) is 0 Å². The lowest BCUT2D eigenvalue weighted by Crippen LogP contribution is -2.19. The Labute approximate surface area is 94.2 Å². The lowest BCUT2D eigenvalue weighted by atomic mass is 10.3. The lowest BCUT2D eigenvalue weighted by Gasteiger charge is -2.00. The molecule has 0 saturated heterocycles. The minimum atomic E-state index is 0.706. The van der Waals surface area contributed by atoms with E-state index in [0.717, 1.165) is 23.5 Å². The topological polar surface area (TPSA) is 62.8 Å². The highest BCUT2D eigenvalue weighted by Gasteiger charge is 2.04. The summed E-state index contributed by atoms with van der Waals surface area (Å²) in [5.41, 5.74) is 2.97. The molecule has 0 radical (unpaired) electrons. The predicted octanol–water partition coefficient (Wildman–Crippen LogP) is 1.00. The molecule has 0 aromatic carbocycles. The summed E-state index contributed by atoms with van der Waals surface area (Å²) in [5, 5.41) is 3.24. The maximum atomic E-state index is 4.95. The molecule has 0 atom stereocenters. The third-order valence-corrected chi connectivity index (χ3v) is 2.42. The normalized spacial score (nSPS) is 11.1. The van der Waals surface area contributed by atoms with Crippen molar-refractivity contribution in [2.24, 2.45) is 0 Å². The number of H-pyrrole nitrogens is 1. The van der Waals surface area contributed by atoms with E-state index in [1.807, 2.05) is 13.0 Å². The highest BCUT2D eigenvalue weighted by Crippen LogP contribution is 2.12. The number of imidazole rings is 1. The molecular formula is C11H16N4O. The average molecular weight is 220 g/mol. The van der Waals surface area contributed by atoms with Crippen molar-refractivity contribution in [1.29, 1.82) is 0 Å². The van der Waals surface area contributed by atoms with Crippen LogP contribution in [0.2, 0.25) is 0 Å². The molecule has 2 heterocycles. The first-order chi connectivity index (χ1) is 7.81. The number of fused-ring (bicyclic) bond motifs is 1. The van der Waals surface area contributed by atoms with Gasteiger partial charge in [0.2, 0.25) is 0 Å². The Morgan fingerprint density at radius 2 is 2.38 bits per heavy atom. The number of hydrogen-bond donors (Lipinski definition) is 2. The average Bonchev–Trinajstić information content (AvgIpc) is 2.69. The van der Waals surface area contributed by atoms with Gasteiger partial charge in [0.15, 0.2) is 5.65 Å². The van der Waals surface area contributed by atoms with Crippen molar-refractivity contribution in [2.75, 3.05) is 20.3 Å². The standard InChI is InChI=1S/C11H16N4O/c1-8-3-4-13-11-10(8)14-9(15-11)7-12-5-6-16-2/h3-4,12H,5-7H2,1-2H3,(H,13,14,15). The minimum Gasteiger partial charge on any atom is -0.383 e. The van der Waals surface area contributed by atoms with Gasteiger partial charge in [0.25, 0.3) is 0 Å². The zero-order valence-corrected chi connectivity index (χ0v) is 9.58. The number of rotatable bonds is 5. The second-order valence-electron chi connectivity index (χ2n) is 3.68. The van der Waals surface area contributed by atoms with Crippen LogP contribution in [0.3, 0.4) is 0 Å². The molecule has 0 saturated carbocycles. The summed E-state index contributed by atoms with van der Waals surface area (Å²) in [7, 11) is 1.69. The van der Waals surface area contributed by atoms with Gasteiger partial charge in [-0.1, -0.05) is 0 Å². The number of nitrogens with zero attached hydrogens (tertiary/aromatic N) is 2. The highest BCUT2D eigenvalue weighted by molar-refractivity contribution is 5.74. The second kappa shape index (κ2) is 5.05. The number of pyridine rings is 1. The zero-order valence-electron chi connectivity index (χ0n) is 9.58. The SMILES string of the molecule is COCCNCc1nc2nccc(C)c2[nH]1. The summed E-state index contributed by atoms with van der Waals surface area (Å²) in [6.07, 6.45) is 1.78. The molecule has 0 aliphatic rings. The number of methoxy groups -OCH3 is 1. The molecule has 0 fully saturated rings. The largest absolute Gasteiger partial charge is 0.383 e. The molecular weight excluding hydrogens is 204 g/mol. The van der Waals surface area contributed by atoms with Gasteiger partial charge in [-0.3, -0.25) is 0 Å². The van der Waals surface area contributed by atoms with E-state index >= 15 is 0 Å². The van der Waals surface area contributed by atoms with Crippen LogP contribution in [0, 0.1) is 6.92 Å². The first-order valence-electron chi connectivity index (χ1n) is 5.31. The predicted molar refractivity (Wildman–Crippen MR) is 62.2 cm³/mol. The molecule has 5 heteroatoms. The van der Waals surface area contributed by atoms with Crippen LogP contribution in [0.4, 0.5) is 0 Å². The van der Waals surface area contributed by atoms with Gasteiger partial charge in [-0.05, 0) is 18.6 Å². The molecule has 2 aromatic heterocycles. The van der Waals surface area contributed by atoms with E-state index in [9.17, 15) is 0 Å². The van der Waals surface area contributed by atoms with Gasteiger partial charge in [-0.25, -0.2) is 9.97 Å². The number of nitrogens with one attached hydrogen (secondary N) is 2. The van der Waals surface area contributed by atoms with Crippen LogP contribution in [0.1, 0.15) is 11.4 Å². The Balaban J connectivity index is 2.05. The van der Waals surface area contributed by atoms with Crippen molar-refractivity contribution < 1.29 is 4.74 Å². The van der Waals surface area contributed by atoms with E-state index < -0.39 is 0 Å². The van der Waals surface area contributed by atoms with Crippen LogP contribution >= 0.6 is 0 Å². The van der Waals surface area contributed by atoms with Crippen molar-refractivity contribution in [3.63, 3.8) is 0 Å². The molecule has 0 unspecified atom stereocenters. The van der Waals surface area contributed by atoms with Crippen LogP contribution in [-0.2, 0) is 11.3 Å². The molecule has 16 heavy (non-hydrogen) atoms. The van der Waals surface area contributed by atoms with Crippen LogP contribution < -0.4 is 5.32 Å². The smallest absolute Gasteiger partial charge is 0.178 e. The second-order valence-corrected chi connectivity index (χ2v) is 3.68. The number of aromatic nitrogens is 3. The first kappa shape index (κ1) is 11.0. The van der Waals surface area contributed by atoms with Gasteiger partial charge < -0.3 is 15.0 Å². The van der Waals surface area contributed by atoms with Gasteiger partial charge in [-0.2, -0.15) is 0 Å². The Kier molecular flexibility index (Phi) is 3.48. The quantitative estimate of drug-likeness (QED) is 0.738. The summed E-state index contributed by atoms with van der Waals surface area (Å²) in [6, 6.07) is 1.97. The number of hydrogen-bond acceptors (Lipinski definition) is 4. The number of aromatic amines is 1. The molecule has 2 N–H and O–H groups in total. The van der Waals surface area contributed by atoms with Gasteiger partial charge in [-0.15, -0.1) is 0 Å². The van der Waals surface area contributed by atoms with E-state index in [4.69, 9.17) is 4.74 Å². The van der Waals surface area contributed by atoms with Crippen molar-refractivity contribution in [1.82, 2.24) is 20.3 Å². The maximum absolute atomic E-state index is 4.95. The Bertz CT molecular complexity index is 466. The molecule has 0 amide bonds. The van der Waals surface area contributed by atoms with Crippen LogP contribution in [0.5, 0.6) is 0 Å². The first-order valence-corrected chi connectivity index (χ1v) is 5.31. The van der Waals surface area contributed by atoms with Crippen molar-refractivity contribution in [3.8, 4) is 0 Å². The molecule has 0 spiro atoms. The van der Waals surface area contributed by atoms with Gasteiger partial charge in [0.1, 0.15) is 5.82 Å². The monoisotopic (exact) mass is 220 g/mol. The fourth-order valence-corrected chi connectivity index (χ4v) is 1.55. The summed E-state index contributed by atoms with van der Waals surface area (Å²) in [4.78, 5) is 11.9. The molecule has 2 aromatic rings. The fraction of sp³-hybridized carbons (Fsp3) is 0.455. The molecule has 0 aliphatic heterocycles. The molecule has 5 nitrogen and oxygen atoms in total. The Morgan fingerprint density at radius 1 is 1.50 bits per heavy atom. The van der Waals surface area contributed by atoms with Crippen LogP contribution in [0.15, 0.2) is 12.3 Å². The Hall–Kier alpha value is -1.46. The third-order valence-electron chi connectivity index (χ3n) is 2.42. The molecule has 86 valence electrons. The van der Waals surface area contributed by atoms with Gasteiger partial charge in [0, 0.05) is 19.9 Å². The summed E-state index contributed by atoms with van der Waals surface area (Å²) < 4.78 is 4.95. The summed E-state index contributed by atoms with van der Waals surface area (Å²) in [6.45, 7) is 4.28. The van der Waals surface area contributed by atoms with Crippen molar-refractivity contribution in [3.05, 3.63) is 23.7 Å². The van der Waals surface area contributed by atoms with Crippen molar-refractivity contribution in [2.45, 2.75) is 13.5 Å². The van der Waals surface area contributed by atoms with Crippen LogP contribution in [0.25, 0.3) is 11.2 Å². The van der Waals surface area contributed by atoms with Gasteiger partial charge in [0.05, 0.1) is 18.7 Å². The van der Waals surface area contributed by atoms with Crippen LogP contribution in [-0.4, -0.2) is 35.2 Å².